The second kappa shape index (κ2) is 12.6. The molecule has 2 N–H and O–H groups in total. The zero-order valence-electron chi connectivity index (χ0n) is 19.0. The van der Waals surface area contributed by atoms with Gasteiger partial charge in [0.25, 0.3) is 0 Å². The highest BCUT2D eigenvalue weighted by Gasteiger charge is 2.04. The topological polar surface area (TPSA) is 74.6 Å². The fourth-order valence-corrected chi connectivity index (χ4v) is 3.33. The molecule has 0 amide bonds. The van der Waals surface area contributed by atoms with E-state index in [1.54, 1.807) is 48.5 Å². The van der Waals surface area contributed by atoms with Gasteiger partial charge >= 0.3 is 11.9 Å². The Balaban J connectivity index is 0.000000702. The summed E-state index contributed by atoms with van der Waals surface area (Å²) in [5, 5.41) is 17.6. The molecule has 8 heteroatoms. The van der Waals surface area contributed by atoms with Gasteiger partial charge in [-0.25, -0.2) is 9.59 Å². The van der Waals surface area contributed by atoms with Gasteiger partial charge in [0.2, 0.25) is 0 Å². The smallest absolute Gasteiger partial charge is 0.335 e. The number of quaternary nitrogens is 2. The zero-order valence-corrected chi connectivity index (χ0v) is 20.7. The lowest BCUT2D eigenvalue weighted by Gasteiger charge is -2.14. The first kappa shape index (κ1) is 28.0. The molecular formula is C22H34N2O4S2+2. The van der Waals surface area contributed by atoms with Gasteiger partial charge in [-0.15, -0.1) is 0 Å². The van der Waals surface area contributed by atoms with E-state index >= 15 is 0 Å². The number of aromatic carboxylic acids is 2. The molecule has 166 valence electrons. The van der Waals surface area contributed by atoms with E-state index in [-0.39, 0.29) is 11.1 Å². The molecule has 2 aromatic rings. The molecule has 0 saturated heterocycles. The van der Waals surface area contributed by atoms with Crippen molar-refractivity contribution in [2.24, 2.45) is 0 Å². The molecule has 0 aromatic heterocycles. The van der Waals surface area contributed by atoms with Gasteiger partial charge in [-0.2, -0.15) is 0 Å². The van der Waals surface area contributed by atoms with Gasteiger partial charge in [0.05, 0.1) is 67.5 Å². The third-order valence-electron chi connectivity index (χ3n) is 2.44. The van der Waals surface area contributed by atoms with Crippen LogP contribution in [0.3, 0.4) is 0 Å². The highest BCUT2D eigenvalue weighted by molar-refractivity contribution is 8.76. The Labute approximate surface area is 188 Å². The lowest BCUT2D eigenvalue weighted by molar-refractivity contribution is -0.849. The van der Waals surface area contributed by atoms with Crippen molar-refractivity contribution in [2.75, 3.05) is 56.4 Å². The Bertz CT molecular complexity index is 712. The predicted octanol–water partition coefficient (Wildman–Crippen LogP) is 4.53. The van der Waals surface area contributed by atoms with Crippen LogP contribution in [0.25, 0.3) is 0 Å². The van der Waals surface area contributed by atoms with E-state index in [1.165, 1.54) is 21.6 Å². The molecule has 0 bridgehead atoms. The Kier molecular flexibility index (Phi) is 11.8. The number of rotatable bonds is 5. The predicted molar refractivity (Wildman–Crippen MR) is 126 cm³/mol. The minimum Gasteiger partial charge on any atom is -0.478 e. The first-order chi connectivity index (χ1) is 13.6. The summed E-state index contributed by atoms with van der Waals surface area (Å²) < 4.78 is 2.00. The van der Waals surface area contributed by atoms with Gasteiger partial charge in [0.15, 0.2) is 0 Å². The Hall–Kier alpha value is -2.00. The van der Waals surface area contributed by atoms with E-state index in [9.17, 15) is 9.59 Å². The molecule has 0 unspecified atom stereocenters. The van der Waals surface area contributed by atoms with Crippen molar-refractivity contribution < 1.29 is 28.8 Å². The Morgan fingerprint density at radius 3 is 0.933 bits per heavy atom. The average Bonchev–Trinajstić information content (AvgIpc) is 2.58. The second-order valence-electron chi connectivity index (χ2n) is 9.19. The van der Waals surface area contributed by atoms with Crippen LogP contribution in [0, 0.1) is 0 Å². The van der Waals surface area contributed by atoms with Gasteiger partial charge in [-0.05, 0) is 48.5 Å². The average molecular weight is 455 g/mol. The number of carboxylic acid groups (broad SMARTS) is 2. The summed E-state index contributed by atoms with van der Waals surface area (Å²) in [7, 11) is 20.0. The van der Waals surface area contributed by atoms with Crippen molar-refractivity contribution >= 4 is 33.5 Å². The summed E-state index contributed by atoms with van der Waals surface area (Å²) in [6, 6.07) is 13.2. The normalized spacial score (nSPS) is 10.8. The minimum atomic E-state index is -0.946. The fraction of sp³-hybridized carbons (Fsp3) is 0.364. The highest BCUT2D eigenvalue weighted by atomic mass is 33.1. The molecule has 6 nitrogen and oxygen atoms in total. The molecule has 2 rings (SSSR count). The molecule has 0 aliphatic carbocycles. The van der Waals surface area contributed by atoms with Crippen molar-refractivity contribution in [1.82, 2.24) is 0 Å². The molecule has 0 heterocycles. The van der Waals surface area contributed by atoms with Crippen molar-refractivity contribution in [3.05, 3.63) is 59.7 Å². The van der Waals surface area contributed by atoms with E-state index in [0.717, 1.165) is 18.8 Å². The Morgan fingerprint density at radius 1 is 0.567 bits per heavy atom. The molecule has 0 saturated carbocycles. The number of hydrogen-bond acceptors (Lipinski definition) is 4. The van der Waals surface area contributed by atoms with E-state index in [4.69, 9.17) is 10.2 Å². The van der Waals surface area contributed by atoms with Crippen LogP contribution in [0.4, 0.5) is 0 Å². The molecule has 2 aromatic carbocycles. The van der Waals surface area contributed by atoms with Crippen LogP contribution in [0.15, 0.2) is 58.3 Å². The van der Waals surface area contributed by atoms with Gasteiger partial charge in [-0.3, -0.25) is 0 Å². The molecular weight excluding hydrogens is 420 g/mol. The van der Waals surface area contributed by atoms with E-state index < -0.39 is 11.9 Å². The molecule has 30 heavy (non-hydrogen) atoms. The largest absolute Gasteiger partial charge is 0.478 e. The summed E-state index contributed by atoms with van der Waals surface area (Å²) in [4.78, 5) is 23.3. The molecule has 0 aliphatic heterocycles. The number of nitrogens with zero attached hydrogens (tertiary/aromatic N) is 2. The zero-order chi connectivity index (χ0) is 23.5. The maximum atomic E-state index is 10.7. The summed E-state index contributed by atoms with van der Waals surface area (Å²) in [6.07, 6.45) is 0. The second-order valence-corrected chi connectivity index (χ2v) is 11.5. The van der Waals surface area contributed by atoms with Gasteiger partial charge in [0, 0.05) is 9.79 Å². The van der Waals surface area contributed by atoms with Crippen LogP contribution in [0.5, 0.6) is 0 Å². The van der Waals surface area contributed by atoms with Crippen LogP contribution in [0.2, 0.25) is 0 Å². The van der Waals surface area contributed by atoms with Gasteiger partial charge in [0.1, 0.15) is 0 Å². The fourth-order valence-electron chi connectivity index (χ4n) is 1.40. The van der Waals surface area contributed by atoms with Crippen molar-refractivity contribution in [1.29, 1.82) is 0 Å². The van der Waals surface area contributed by atoms with Crippen molar-refractivity contribution in [2.45, 2.75) is 9.79 Å². The minimum absolute atomic E-state index is 0.255. The highest BCUT2D eigenvalue weighted by Crippen LogP contribution is 2.37. The summed E-state index contributed by atoms with van der Waals surface area (Å²) in [5.74, 6) is -1.89. The van der Waals surface area contributed by atoms with Gasteiger partial charge < -0.3 is 19.2 Å². The van der Waals surface area contributed by atoms with E-state index in [0.29, 0.717) is 0 Å². The summed E-state index contributed by atoms with van der Waals surface area (Å²) in [5.41, 5.74) is 0.510. The number of carboxylic acids is 2. The summed E-state index contributed by atoms with van der Waals surface area (Å²) in [6.45, 7) is 0. The van der Waals surface area contributed by atoms with Crippen molar-refractivity contribution in [3.63, 3.8) is 0 Å². The molecule has 0 fully saturated rings. The lowest BCUT2D eigenvalue weighted by atomic mass is 10.2. The van der Waals surface area contributed by atoms with E-state index in [1.807, 2.05) is 0 Å². The van der Waals surface area contributed by atoms with Crippen LogP contribution in [0.1, 0.15) is 20.7 Å². The quantitative estimate of drug-likeness (QED) is 0.511. The SMILES string of the molecule is C[N+](C)(C)C.C[N+](C)(C)C.O=C(O)c1ccc(SSc2ccc(C(=O)O)cc2)cc1. The number of benzene rings is 2. The van der Waals surface area contributed by atoms with Gasteiger partial charge in [-0.1, -0.05) is 21.6 Å². The maximum Gasteiger partial charge on any atom is 0.335 e. The maximum absolute atomic E-state index is 10.7. The van der Waals surface area contributed by atoms with Crippen LogP contribution in [-0.4, -0.2) is 87.5 Å². The van der Waals surface area contributed by atoms with E-state index in [2.05, 4.69) is 56.4 Å². The van der Waals surface area contributed by atoms with Crippen molar-refractivity contribution in [3.8, 4) is 0 Å². The Morgan fingerprint density at radius 2 is 0.767 bits per heavy atom. The first-order valence-corrected chi connectivity index (χ1v) is 11.3. The third-order valence-corrected chi connectivity index (χ3v) is 4.85. The number of hydrogen-bond donors (Lipinski definition) is 2. The first-order valence-electron chi connectivity index (χ1n) is 9.15. The third kappa shape index (κ3) is 16.9. The molecule has 0 atom stereocenters. The van der Waals surface area contributed by atoms with Crippen LogP contribution < -0.4 is 0 Å². The molecule has 0 radical (unpaired) electrons. The number of carbonyl (C=O) groups is 2. The van der Waals surface area contributed by atoms with Crippen LogP contribution >= 0.6 is 21.6 Å². The molecule has 0 aliphatic rings. The lowest BCUT2D eigenvalue weighted by Crippen LogP contribution is -2.27. The monoisotopic (exact) mass is 454 g/mol. The standard InChI is InChI=1S/C14H10O4S2.2C4H12N/c15-13(16)9-1-5-11(6-2-9)19-20-12-7-3-10(4-8-12)14(17)18;2*1-5(2,3)4/h1-8H,(H,15,16)(H,17,18);2*1-4H3/q;2*+1. The van der Waals surface area contributed by atoms with Crippen LogP contribution in [-0.2, 0) is 0 Å². The molecule has 0 spiro atoms. The summed E-state index contributed by atoms with van der Waals surface area (Å²) >= 11 is 0.